The van der Waals surface area contributed by atoms with Crippen molar-refractivity contribution in [3.8, 4) is 5.88 Å². The summed E-state index contributed by atoms with van der Waals surface area (Å²) >= 11 is 0. The molecule has 3 rings (SSSR count). The lowest BCUT2D eigenvalue weighted by Crippen LogP contribution is -2.09. The Labute approximate surface area is 119 Å². The molecule has 0 spiro atoms. The van der Waals surface area contributed by atoms with Crippen LogP contribution in [0.15, 0.2) is 42.6 Å². The SMILES string of the molecule is COc1ncccc1C(O)c1ccc(C2CCC2)cc1. The fraction of sp³-hybridized carbons (Fsp3) is 0.353. The standard InChI is InChI=1S/C17H19NO2/c1-20-17-15(6-3-11-18-17)16(19)14-9-7-13(8-10-14)12-4-2-5-12/h3,6-12,16,19H,2,4-5H2,1H3. The van der Waals surface area contributed by atoms with Crippen molar-refractivity contribution in [2.24, 2.45) is 0 Å². The van der Waals surface area contributed by atoms with E-state index in [1.807, 2.05) is 24.3 Å². The van der Waals surface area contributed by atoms with Crippen molar-refractivity contribution in [3.05, 3.63) is 59.3 Å². The van der Waals surface area contributed by atoms with Crippen LogP contribution in [0.2, 0.25) is 0 Å². The minimum Gasteiger partial charge on any atom is -0.481 e. The predicted octanol–water partition coefficient (Wildman–Crippen LogP) is 3.44. The summed E-state index contributed by atoms with van der Waals surface area (Å²) in [5.41, 5.74) is 2.95. The van der Waals surface area contributed by atoms with Gasteiger partial charge in [-0.25, -0.2) is 4.98 Å². The van der Waals surface area contributed by atoms with Gasteiger partial charge in [0.1, 0.15) is 6.10 Å². The normalized spacial score (nSPS) is 16.5. The summed E-state index contributed by atoms with van der Waals surface area (Å²) in [5.74, 6) is 1.19. The van der Waals surface area contributed by atoms with Crippen LogP contribution in [0.3, 0.4) is 0 Å². The number of hydrogen-bond donors (Lipinski definition) is 1. The average molecular weight is 269 g/mol. The number of methoxy groups -OCH3 is 1. The van der Waals surface area contributed by atoms with Crippen LogP contribution in [0.25, 0.3) is 0 Å². The van der Waals surface area contributed by atoms with E-state index in [0.29, 0.717) is 17.4 Å². The zero-order valence-electron chi connectivity index (χ0n) is 11.6. The Bertz CT molecular complexity index is 576. The second-order valence-electron chi connectivity index (χ2n) is 5.30. The van der Waals surface area contributed by atoms with Gasteiger partial charge >= 0.3 is 0 Å². The van der Waals surface area contributed by atoms with E-state index < -0.39 is 6.10 Å². The number of pyridine rings is 1. The van der Waals surface area contributed by atoms with Crippen molar-refractivity contribution >= 4 is 0 Å². The fourth-order valence-corrected chi connectivity index (χ4v) is 2.65. The predicted molar refractivity (Wildman–Crippen MR) is 77.9 cm³/mol. The van der Waals surface area contributed by atoms with Crippen molar-refractivity contribution in [2.45, 2.75) is 31.3 Å². The Morgan fingerprint density at radius 2 is 1.95 bits per heavy atom. The van der Waals surface area contributed by atoms with Gasteiger partial charge in [0.25, 0.3) is 0 Å². The summed E-state index contributed by atoms with van der Waals surface area (Å²) < 4.78 is 5.21. The van der Waals surface area contributed by atoms with Crippen LogP contribution in [0.1, 0.15) is 48.0 Å². The molecular weight excluding hydrogens is 250 g/mol. The van der Waals surface area contributed by atoms with Gasteiger partial charge in [-0.1, -0.05) is 30.7 Å². The van der Waals surface area contributed by atoms with E-state index in [1.54, 1.807) is 13.3 Å². The monoisotopic (exact) mass is 269 g/mol. The van der Waals surface area contributed by atoms with Crippen LogP contribution in [-0.4, -0.2) is 17.2 Å². The van der Waals surface area contributed by atoms with Crippen LogP contribution in [0.4, 0.5) is 0 Å². The van der Waals surface area contributed by atoms with E-state index in [4.69, 9.17) is 4.74 Å². The third-order valence-electron chi connectivity index (χ3n) is 4.12. The van der Waals surface area contributed by atoms with Crippen molar-refractivity contribution in [3.63, 3.8) is 0 Å². The Kier molecular flexibility index (Phi) is 3.70. The molecule has 1 saturated carbocycles. The van der Waals surface area contributed by atoms with E-state index in [9.17, 15) is 5.11 Å². The maximum Gasteiger partial charge on any atom is 0.219 e. The first-order chi connectivity index (χ1) is 9.79. The molecule has 3 nitrogen and oxygen atoms in total. The van der Waals surface area contributed by atoms with Gasteiger partial charge in [0.15, 0.2) is 0 Å². The molecular formula is C17H19NO2. The zero-order valence-corrected chi connectivity index (χ0v) is 11.6. The molecule has 1 unspecified atom stereocenters. The van der Waals surface area contributed by atoms with Crippen LogP contribution >= 0.6 is 0 Å². The Morgan fingerprint density at radius 1 is 1.20 bits per heavy atom. The second kappa shape index (κ2) is 5.63. The first-order valence-electron chi connectivity index (χ1n) is 7.06. The van der Waals surface area contributed by atoms with E-state index in [0.717, 1.165) is 5.56 Å². The molecule has 3 heteroatoms. The molecule has 1 aromatic carbocycles. The molecule has 1 heterocycles. The fourth-order valence-electron chi connectivity index (χ4n) is 2.65. The third kappa shape index (κ3) is 2.41. The highest BCUT2D eigenvalue weighted by atomic mass is 16.5. The Hall–Kier alpha value is -1.87. The van der Waals surface area contributed by atoms with Crippen molar-refractivity contribution in [2.75, 3.05) is 7.11 Å². The number of aromatic nitrogens is 1. The topological polar surface area (TPSA) is 42.4 Å². The molecule has 0 saturated heterocycles. The molecule has 1 aliphatic carbocycles. The van der Waals surface area contributed by atoms with Gasteiger partial charge < -0.3 is 9.84 Å². The molecule has 1 atom stereocenters. The molecule has 1 aromatic heterocycles. The van der Waals surface area contributed by atoms with Gasteiger partial charge in [-0.05, 0) is 42.0 Å². The van der Waals surface area contributed by atoms with E-state index in [-0.39, 0.29) is 0 Å². The number of benzene rings is 1. The molecule has 0 amide bonds. The van der Waals surface area contributed by atoms with Crippen molar-refractivity contribution in [1.82, 2.24) is 4.98 Å². The van der Waals surface area contributed by atoms with Gasteiger partial charge in [-0.15, -0.1) is 0 Å². The number of hydrogen-bond acceptors (Lipinski definition) is 3. The van der Waals surface area contributed by atoms with E-state index in [2.05, 4.69) is 17.1 Å². The molecule has 1 fully saturated rings. The summed E-state index contributed by atoms with van der Waals surface area (Å²) in [6.07, 6.45) is 4.88. The molecule has 2 aromatic rings. The lowest BCUT2D eigenvalue weighted by molar-refractivity contribution is 0.213. The van der Waals surface area contributed by atoms with Crippen molar-refractivity contribution < 1.29 is 9.84 Å². The molecule has 0 radical (unpaired) electrons. The Balaban J connectivity index is 1.84. The lowest BCUT2D eigenvalue weighted by atomic mass is 9.80. The quantitative estimate of drug-likeness (QED) is 0.924. The third-order valence-corrected chi connectivity index (χ3v) is 4.12. The lowest BCUT2D eigenvalue weighted by Gasteiger charge is -2.26. The van der Waals surface area contributed by atoms with Crippen LogP contribution < -0.4 is 4.74 Å². The number of ether oxygens (including phenoxy) is 1. The number of nitrogens with zero attached hydrogens (tertiary/aromatic N) is 1. The van der Waals surface area contributed by atoms with Crippen molar-refractivity contribution in [1.29, 1.82) is 0 Å². The largest absolute Gasteiger partial charge is 0.481 e. The first kappa shape index (κ1) is 13.1. The molecule has 1 aliphatic rings. The highest BCUT2D eigenvalue weighted by Crippen LogP contribution is 2.37. The minimum atomic E-state index is -0.700. The van der Waals surface area contributed by atoms with E-state index >= 15 is 0 Å². The van der Waals surface area contributed by atoms with Gasteiger partial charge in [0.05, 0.1) is 7.11 Å². The minimum absolute atomic E-state index is 0.475. The number of aliphatic hydroxyl groups is 1. The number of aliphatic hydroxyl groups excluding tert-OH is 1. The first-order valence-corrected chi connectivity index (χ1v) is 7.06. The number of rotatable bonds is 4. The summed E-state index contributed by atoms with van der Waals surface area (Å²) in [4.78, 5) is 4.13. The molecule has 0 aliphatic heterocycles. The average Bonchev–Trinajstić information content (AvgIpc) is 2.45. The Morgan fingerprint density at radius 3 is 2.55 bits per heavy atom. The zero-order chi connectivity index (χ0) is 13.9. The molecule has 104 valence electrons. The summed E-state index contributed by atoms with van der Waals surface area (Å²) in [6.45, 7) is 0. The summed E-state index contributed by atoms with van der Waals surface area (Å²) in [6, 6.07) is 11.9. The van der Waals surface area contributed by atoms with Gasteiger partial charge in [0, 0.05) is 11.8 Å². The maximum absolute atomic E-state index is 10.5. The molecule has 1 N–H and O–H groups in total. The maximum atomic E-state index is 10.5. The highest BCUT2D eigenvalue weighted by molar-refractivity contribution is 5.37. The highest BCUT2D eigenvalue weighted by Gasteiger charge is 2.20. The molecule has 20 heavy (non-hydrogen) atoms. The van der Waals surface area contributed by atoms with Gasteiger partial charge in [-0.3, -0.25) is 0 Å². The second-order valence-corrected chi connectivity index (χ2v) is 5.30. The van der Waals surface area contributed by atoms with Crippen LogP contribution in [0, 0.1) is 0 Å². The van der Waals surface area contributed by atoms with E-state index in [1.165, 1.54) is 24.8 Å². The summed E-state index contributed by atoms with van der Waals surface area (Å²) in [5, 5.41) is 10.5. The van der Waals surface area contributed by atoms with Gasteiger partial charge in [0.2, 0.25) is 5.88 Å². The van der Waals surface area contributed by atoms with Gasteiger partial charge in [-0.2, -0.15) is 0 Å². The van der Waals surface area contributed by atoms with Crippen LogP contribution in [0.5, 0.6) is 5.88 Å². The van der Waals surface area contributed by atoms with Crippen LogP contribution in [-0.2, 0) is 0 Å². The smallest absolute Gasteiger partial charge is 0.219 e. The molecule has 0 bridgehead atoms. The summed E-state index contributed by atoms with van der Waals surface area (Å²) in [7, 11) is 1.57.